The lowest BCUT2D eigenvalue weighted by Crippen LogP contribution is -2.42. The summed E-state index contributed by atoms with van der Waals surface area (Å²) in [6.45, 7) is 6.43. The smallest absolute Gasteiger partial charge is 0.257 e. The van der Waals surface area contributed by atoms with Crippen LogP contribution in [0.1, 0.15) is 34.7 Å². The quantitative estimate of drug-likeness (QED) is 0.892. The molecule has 0 aromatic carbocycles. The van der Waals surface area contributed by atoms with Gasteiger partial charge in [0, 0.05) is 13.1 Å². The second-order valence-corrected chi connectivity index (χ2v) is 5.14. The number of aryl methyl sites for hydroxylation is 2. The third-order valence-electron chi connectivity index (χ3n) is 3.57. The van der Waals surface area contributed by atoms with Crippen LogP contribution in [0.25, 0.3) is 0 Å². The maximum absolute atomic E-state index is 12.4. The van der Waals surface area contributed by atoms with Crippen LogP contribution in [0.2, 0.25) is 0 Å². The molecule has 2 rings (SSSR count). The second kappa shape index (κ2) is 5.57. The van der Waals surface area contributed by atoms with E-state index in [2.05, 4.69) is 5.32 Å². The predicted octanol–water partition coefficient (Wildman–Crippen LogP) is 1.97. The maximum Gasteiger partial charge on any atom is 0.257 e. The molecule has 100 valence electrons. The van der Waals surface area contributed by atoms with Crippen molar-refractivity contribution in [2.75, 3.05) is 26.7 Å². The fourth-order valence-corrected chi connectivity index (χ4v) is 2.72. The minimum absolute atomic E-state index is 0.116. The molecule has 4 heteroatoms. The molecule has 0 spiro atoms. The normalized spacial score (nSPS) is 20.2. The number of piperidine rings is 1. The first-order valence-corrected chi connectivity index (χ1v) is 6.62. The molecule has 1 fully saturated rings. The van der Waals surface area contributed by atoms with Crippen LogP contribution in [0.4, 0.5) is 0 Å². The zero-order valence-corrected chi connectivity index (χ0v) is 11.5. The van der Waals surface area contributed by atoms with Gasteiger partial charge in [0.1, 0.15) is 11.5 Å². The first-order chi connectivity index (χ1) is 8.61. The minimum atomic E-state index is 0.116. The van der Waals surface area contributed by atoms with Crippen molar-refractivity contribution in [2.24, 2.45) is 5.92 Å². The van der Waals surface area contributed by atoms with Crippen LogP contribution in [0.3, 0.4) is 0 Å². The van der Waals surface area contributed by atoms with Gasteiger partial charge in [0.25, 0.3) is 5.91 Å². The zero-order valence-electron chi connectivity index (χ0n) is 11.5. The van der Waals surface area contributed by atoms with Crippen molar-refractivity contribution in [1.82, 2.24) is 10.2 Å². The number of nitrogens with one attached hydrogen (secondary N) is 1. The number of carbonyl (C=O) groups excluding carboxylic acids is 1. The zero-order chi connectivity index (χ0) is 13.1. The Morgan fingerprint density at radius 3 is 2.94 bits per heavy atom. The number of amides is 1. The van der Waals surface area contributed by atoms with E-state index in [0.29, 0.717) is 5.92 Å². The molecule has 1 unspecified atom stereocenters. The lowest BCUT2D eigenvalue weighted by atomic mass is 9.97. The lowest BCUT2D eigenvalue weighted by Gasteiger charge is -2.32. The molecule has 1 aromatic rings. The van der Waals surface area contributed by atoms with Crippen LogP contribution in [0, 0.1) is 19.8 Å². The summed E-state index contributed by atoms with van der Waals surface area (Å²) < 4.78 is 5.44. The fourth-order valence-electron chi connectivity index (χ4n) is 2.72. The van der Waals surface area contributed by atoms with Crippen molar-refractivity contribution in [3.63, 3.8) is 0 Å². The molecule has 1 N–H and O–H groups in total. The SMILES string of the molecule is CNCC1CCCN(C(=O)c2cc(C)oc2C)C1. The van der Waals surface area contributed by atoms with Crippen LogP contribution in [-0.4, -0.2) is 37.5 Å². The Balaban J connectivity index is 2.06. The first-order valence-electron chi connectivity index (χ1n) is 6.62. The predicted molar refractivity (Wildman–Crippen MR) is 70.7 cm³/mol. The summed E-state index contributed by atoms with van der Waals surface area (Å²) in [5.74, 6) is 2.22. The van der Waals surface area contributed by atoms with Crippen molar-refractivity contribution in [2.45, 2.75) is 26.7 Å². The molecule has 1 aliphatic rings. The molecule has 1 atom stereocenters. The van der Waals surface area contributed by atoms with E-state index in [1.165, 1.54) is 6.42 Å². The monoisotopic (exact) mass is 250 g/mol. The largest absolute Gasteiger partial charge is 0.466 e. The van der Waals surface area contributed by atoms with E-state index in [0.717, 1.165) is 43.1 Å². The van der Waals surface area contributed by atoms with E-state index >= 15 is 0 Å². The fraction of sp³-hybridized carbons (Fsp3) is 0.643. The number of rotatable bonds is 3. The molecule has 1 aromatic heterocycles. The molecule has 0 radical (unpaired) electrons. The molecular formula is C14H22N2O2. The van der Waals surface area contributed by atoms with E-state index in [1.807, 2.05) is 31.9 Å². The highest BCUT2D eigenvalue weighted by Crippen LogP contribution is 2.21. The highest BCUT2D eigenvalue weighted by atomic mass is 16.3. The minimum Gasteiger partial charge on any atom is -0.466 e. The molecular weight excluding hydrogens is 228 g/mol. The standard InChI is InChI=1S/C14H22N2O2/c1-10-7-13(11(2)18-10)14(17)16-6-4-5-12(9-16)8-15-3/h7,12,15H,4-6,8-9H2,1-3H3. The van der Waals surface area contributed by atoms with E-state index in [4.69, 9.17) is 4.42 Å². The van der Waals surface area contributed by atoms with Crippen molar-refractivity contribution in [3.05, 3.63) is 23.2 Å². The van der Waals surface area contributed by atoms with Gasteiger partial charge in [-0.3, -0.25) is 4.79 Å². The average Bonchev–Trinajstić information content (AvgIpc) is 2.68. The highest BCUT2D eigenvalue weighted by Gasteiger charge is 2.26. The summed E-state index contributed by atoms with van der Waals surface area (Å²) >= 11 is 0. The van der Waals surface area contributed by atoms with Crippen molar-refractivity contribution >= 4 is 5.91 Å². The number of nitrogens with zero attached hydrogens (tertiary/aromatic N) is 1. The summed E-state index contributed by atoms with van der Waals surface area (Å²) in [4.78, 5) is 14.4. The molecule has 18 heavy (non-hydrogen) atoms. The Kier molecular flexibility index (Phi) is 4.07. The summed E-state index contributed by atoms with van der Waals surface area (Å²) in [5.41, 5.74) is 0.720. The number of likely N-dealkylation sites (tertiary alicyclic amines) is 1. The van der Waals surface area contributed by atoms with Crippen molar-refractivity contribution in [3.8, 4) is 0 Å². The van der Waals surface area contributed by atoms with E-state index in [1.54, 1.807) is 0 Å². The van der Waals surface area contributed by atoms with E-state index in [9.17, 15) is 4.79 Å². The van der Waals surface area contributed by atoms with Gasteiger partial charge in [0.15, 0.2) is 0 Å². The Labute approximate surface area is 108 Å². The van der Waals surface area contributed by atoms with E-state index in [-0.39, 0.29) is 5.91 Å². The average molecular weight is 250 g/mol. The van der Waals surface area contributed by atoms with Gasteiger partial charge in [-0.2, -0.15) is 0 Å². The van der Waals surface area contributed by atoms with Crippen LogP contribution in [-0.2, 0) is 0 Å². The van der Waals surface area contributed by atoms with Gasteiger partial charge in [-0.05, 0) is 52.3 Å². The summed E-state index contributed by atoms with van der Waals surface area (Å²) in [6, 6.07) is 1.85. The van der Waals surface area contributed by atoms with Crippen LogP contribution in [0.15, 0.2) is 10.5 Å². The molecule has 0 bridgehead atoms. The van der Waals surface area contributed by atoms with Gasteiger partial charge in [0.05, 0.1) is 5.56 Å². The number of furan rings is 1. The lowest BCUT2D eigenvalue weighted by molar-refractivity contribution is 0.0672. The van der Waals surface area contributed by atoms with Crippen LogP contribution < -0.4 is 5.32 Å². The van der Waals surface area contributed by atoms with Gasteiger partial charge in [0.2, 0.25) is 0 Å². The molecule has 1 aliphatic heterocycles. The molecule has 4 nitrogen and oxygen atoms in total. The van der Waals surface area contributed by atoms with Gasteiger partial charge in [-0.15, -0.1) is 0 Å². The number of hydrogen-bond acceptors (Lipinski definition) is 3. The number of hydrogen-bond donors (Lipinski definition) is 1. The van der Waals surface area contributed by atoms with Gasteiger partial charge in [-0.1, -0.05) is 0 Å². The summed E-state index contributed by atoms with van der Waals surface area (Å²) in [5, 5.41) is 3.20. The number of carbonyl (C=O) groups is 1. The van der Waals surface area contributed by atoms with Gasteiger partial charge in [-0.25, -0.2) is 0 Å². The van der Waals surface area contributed by atoms with Gasteiger partial charge < -0.3 is 14.6 Å². The van der Waals surface area contributed by atoms with Crippen LogP contribution in [0.5, 0.6) is 0 Å². The Hall–Kier alpha value is -1.29. The third kappa shape index (κ3) is 2.75. The summed E-state index contributed by atoms with van der Waals surface area (Å²) in [7, 11) is 1.96. The highest BCUT2D eigenvalue weighted by molar-refractivity contribution is 5.95. The first kappa shape index (κ1) is 13.1. The second-order valence-electron chi connectivity index (χ2n) is 5.14. The Bertz CT molecular complexity index is 423. The molecule has 0 saturated carbocycles. The Morgan fingerprint density at radius 2 is 2.33 bits per heavy atom. The summed E-state index contributed by atoms with van der Waals surface area (Å²) in [6.07, 6.45) is 2.29. The van der Waals surface area contributed by atoms with Gasteiger partial charge >= 0.3 is 0 Å². The molecule has 1 saturated heterocycles. The Morgan fingerprint density at radius 1 is 1.56 bits per heavy atom. The molecule has 0 aliphatic carbocycles. The van der Waals surface area contributed by atoms with E-state index < -0.39 is 0 Å². The van der Waals surface area contributed by atoms with Crippen LogP contribution >= 0.6 is 0 Å². The van der Waals surface area contributed by atoms with Crippen molar-refractivity contribution < 1.29 is 9.21 Å². The molecule has 2 heterocycles. The third-order valence-corrected chi connectivity index (χ3v) is 3.57. The topological polar surface area (TPSA) is 45.5 Å². The molecule has 1 amide bonds. The van der Waals surface area contributed by atoms with Crippen molar-refractivity contribution in [1.29, 1.82) is 0 Å². The maximum atomic E-state index is 12.4.